The van der Waals surface area contributed by atoms with Gasteiger partial charge in [0.15, 0.2) is 5.13 Å². The molecule has 1 aliphatic rings. The maximum absolute atomic E-state index is 12.2. The van der Waals surface area contributed by atoms with Crippen LogP contribution in [0.3, 0.4) is 0 Å². The average molecular weight is 337 g/mol. The summed E-state index contributed by atoms with van der Waals surface area (Å²) in [7, 11) is 0. The molecule has 0 saturated carbocycles. The van der Waals surface area contributed by atoms with Crippen molar-refractivity contribution in [1.82, 2.24) is 19.8 Å². The van der Waals surface area contributed by atoms with E-state index in [-0.39, 0.29) is 11.9 Å². The number of carbonyl (C=O) groups excluding carboxylic acids is 1. The summed E-state index contributed by atoms with van der Waals surface area (Å²) >= 11 is 3.08. The normalized spacial score (nSPS) is 18.2. The zero-order valence-corrected chi connectivity index (χ0v) is 14.1. The first-order valence-electron chi connectivity index (χ1n) is 7.26. The Morgan fingerprint density at radius 3 is 2.82 bits per heavy atom. The van der Waals surface area contributed by atoms with Crippen LogP contribution in [-0.2, 0) is 11.3 Å². The number of nitrogens with zero attached hydrogens (tertiary/aromatic N) is 4. The van der Waals surface area contributed by atoms with E-state index in [1.54, 1.807) is 17.5 Å². The minimum atomic E-state index is -0.134. The fraction of sp³-hybridized carbons (Fsp3) is 0.500. The van der Waals surface area contributed by atoms with Gasteiger partial charge in [0.25, 0.3) is 0 Å². The van der Waals surface area contributed by atoms with Crippen LogP contribution in [0.25, 0.3) is 0 Å². The lowest BCUT2D eigenvalue weighted by Gasteiger charge is -2.37. The van der Waals surface area contributed by atoms with Crippen molar-refractivity contribution in [1.29, 1.82) is 0 Å². The van der Waals surface area contributed by atoms with Crippen LogP contribution in [0.15, 0.2) is 22.5 Å². The Bertz CT molecular complexity index is 578. The van der Waals surface area contributed by atoms with Gasteiger partial charge >= 0.3 is 0 Å². The van der Waals surface area contributed by atoms with Crippen molar-refractivity contribution in [3.63, 3.8) is 0 Å². The molecule has 0 aliphatic carbocycles. The summed E-state index contributed by atoms with van der Waals surface area (Å²) in [5, 5.41) is 7.49. The van der Waals surface area contributed by atoms with Gasteiger partial charge in [-0.05, 0) is 6.92 Å². The Kier molecular flexibility index (Phi) is 5.14. The van der Waals surface area contributed by atoms with Crippen LogP contribution in [0.2, 0.25) is 0 Å². The van der Waals surface area contributed by atoms with Gasteiger partial charge in [-0.15, -0.1) is 22.7 Å². The lowest BCUT2D eigenvalue weighted by molar-refractivity contribution is -0.121. The first kappa shape index (κ1) is 15.5. The van der Waals surface area contributed by atoms with Crippen LogP contribution in [-0.4, -0.2) is 57.9 Å². The lowest BCUT2D eigenvalue weighted by Crippen LogP contribution is -2.52. The first-order chi connectivity index (χ1) is 10.7. The van der Waals surface area contributed by atoms with Crippen LogP contribution in [0.1, 0.15) is 12.6 Å². The molecule has 0 bridgehead atoms. The van der Waals surface area contributed by atoms with Gasteiger partial charge in [-0.1, -0.05) is 0 Å². The second-order valence-electron chi connectivity index (χ2n) is 5.29. The van der Waals surface area contributed by atoms with Gasteiger partial charge < -0.3 is 5.32 Å². The van der Waals surface area contributed by atoms with Crippen molar-refractivity contribution in [2.45, 2.75) is 19.5 Å². The van der Waals surface area contributed by atoms with E-state index >= 15 is 0 Å². The predicted octanol–water partition coefficient (Wildman–Crippen LogP) is 1.74. The second kappa shape index (κ2) is 7.28. The zero-order valence-electron chi connectivity index (χ0n) is 12.4. The number of carbonyl (C=O) groups is 1. The third kappa shape index (κ3) is 3.89. The Morgan fingerprint density at radius 2 is 2.18 bits per heavy atom. The molecule has 1 atom stereocenters. The quantitative estimate of drug-likeness (QED) is 0.900. The molecule has 1 amide bonds. The summed E-state index contributed by atoms with van der Waals surface area (Å²) in [6.45, 7) is 6.59. The van der Waals surface area contributed by atoms with E-state index < -0.39 is 0 Å². The van der Waals surface area contributed by atoms with Gasteiger partial charge in [-0.25, -0.2) is 9.97 Å². The highest BCUT2D eigenvalue weighted by Gasteiger charge is 2.26. The van der Waals surface area contributed by atoms with Crippen molar-refractivity contribution < 1.29 is 4.79 Å². The standard InChI is InChI=1S/C14H19N5OS2/c1-11(13(20)17-14-15-2-7-22-14)19-5-3-18(4-6-19)8-12-9-21-10-16-12/h2,7,9-11H,3-6,8H2,1H3,(H,15,17,20). The number of aromatic nitrogens is 2. The third-order valence-corrected chi connectivity index (χ3v) is 5.19. The molecule has 0 spiro atoms. The number of piperazine rings is 1. The Morgan fingerprint density at radius 1 is 1.36 bits per heavy atom. The van der Waals surface area contributed by atoms with Gasteiger partial charge in [0.1, 0.15) is 0 Å². The van der Waals surface area contributed by atoms with Gasteiger partial charge in [0, 0.05) is 49.7 Å². The Labute approximate surface area is 137 Å². The maximum Gasteiger partial charge on any atom is 0.243 e. The van der Waals surface area contributed by atoms with Crippen molar-refractivity contribution in [3.05, 3.63) is 28.2 Å². The molecule has 118 valence electrons. The van der Waals surface area contributed by atoms with Crippen LogP contribution >= 0.6 is 22.7 Å². The number of nitrogens with one attached hydrogen (secondary N) is 1. The fourth-order valence-electron chi connectivity index (χ4n) is 2.51. The third-order valence-electron chi connectivity index (χ3n) is 3.87. The van der Waals surface area contributed by atoms with E-state index in [4.69, 9.17) is 0 Å². The minimum Gasteiger partial charge on any atom is -0.301 e. The SMILES string of the molecule is CC(C(=O)Nc1nccs1)N1CCN(Cc2cscn2)CC1. The van der Waals surface area contributed by atoms with Gasteiger partial charge in [0.2, 0.25) is 5.91 Å². The van der Waals surface area contributed by atoms with E-state index in [1.807, 2.05) is 17.8 Å². The molecule has 3 rings (SSSR count). The second-order valence-corrected chi connectivity index (χ2v) is 6.91. The molecule has 0 radical (unpaired) electrons. The molecule has 2 aromatic heterocycles. The number of rotatable bonds is 5. The van der Waals surface area contributed by atoms with E-state index in [9.17, 15) is 4.79 Å². The maximum atomic E-state index is 12.2. The number of hydrogen-bond acceptors (Lipinski definition) is 7. The molecule has 1 N–H and O–H groups in total. The summed E-state index contributed by atoms with van der Waals surface area (Å²) in [5.74, 6) is 0.0166. The van der Waals surface area contributed by atoms with Crippen LogP contribution in [0.5, 0.6) is 0 Å². The van der Waals surface area contributed by atoms with E-state index in [2.05, 4.69) is 30.5 Å². The Balaban J connectivity index is 1.47. The van der Waals surface area contributed by atoms with Crippen molar-refractivity contribution >= 4 is 33.7 Å². The molecule has 22 heavy (non-hydrogen) atoms. The fourth-order valence-corrected chi connectivity index (χ4v) is 3.60. The summed E-state index contributed by atoms with van der Waals surface area (Å²) < 4.78 is 0. The largest absolute Gasteiger partial charge is 0.301 e. The topological polar surface area (TPSA) is 61.4 Å². The molecular formula is C14H19N5OS2. The molecule has 1 saturated heterocycles. The number of amides is 1. The number of anilines is 1. The summed E-state index contributed by atoms with van der Waals surface area (Å²) in [5.41, 5.74) is 3.00. The highest BCUT2D eigenvalue weighted by atomic mass is 32.1. The molecular weight excluding hydrogens is 318 g/mol. The molecule has 1 fully saturated rings. The molecule has 2 aromatic rings. The van der Waals surface area contributed by atoms with E-state index in [1.165, 1.54) is 11.3 Å². The molecule has 1 aliphatic heterocycles. The van der Waals surface area contributed by atoms with Gasteiger partial charge in [-0.2, -0.15) is 0 Å². The van der Waals surface area contributed by atoms with Crippen LogP contribution < -0.4 is 5.32 Å². The van der Waals surface area contributed by atoms with Crippen LogP contribution in [0, 0.1) is 0 Å². The predicted molar refractivity (Wildman–Crippen MR) is 89.2 cm³/mol. The van der Waals surface area contributed by atoms with Crippen molar-refractivity contribution in [2.75, 3.05) is 31.5 Å². The smallest absolute Gasteiger partial charge is 0.243 e. The molecule has 6 nitrogen and oxygen atoms in total. The van der Waals surface area contributed by atoms with E-state index in [0.29, 0.717) is 5.13 Å². The average Bonchev–Trinajstić information content (AvgIpc) is 3.21. The minimum absolute atomic E-state index is 0.0166. The number of hydrogen-bond donors (Lipinski definition) is 1. The Hall–Kier alpha value is -1.35. The summed E-state index contributed by atoms with van der Waals surface area (Å²) in [6.07, 6.45) is 1.70. The summed E-state index contributed by atoms with van der Waals surface area (Å²) in [6, 6.07) is -0.134. The van der Waals surface area contributed by atoms with Gasteiger partial charge in [0.05, 0.1) is 17.2 Å². The van der Waals surface area contributed by atoms with E-state index in [0.717, 1.165) is 38.4 Å². The highest BCUT2D eigenvalue weighted by Crippen LogP contribution is 2.14. The lowest BCUT2D eigenvalue weighted by atomic mass is 10.2. The monoisotopic (exact) mass is 337 g/mol. The zero-order chi connectivity index (χ0) is 15.4. The van der Waals surface area contributed by atoms with Gasteiger partial charge in [-0.3, -0.25) is 14.6 Å². The van der Waals surface area contributed by atoms with Crippen LogP contribution in [0.4, 0.5) is 5.13 Å². The van der Waals surface area contributed by atoms with Crippen molar-refractivity contribution in [2.24, 2.45) is 0 Å². The molecule has 3 heterocycles. The number of thiazole rings is 2. The molecule has 8 heteroatoms. The first-order valence-corrected chi connectivity index (χ1v) is 9.08. The summed E-state index contributed by atoms with van der Waals surface area (Å²) in [4.78, 5) is 25.3. The molecule has 0 aromatic carbocycles. The molecule has 1 unspecified atom stereocenters. The highest BCUT2D eigenvalue weighted by molar-refractivity contribution is 7.13. The van der Waals surface area contributed by atoms with Crippen molar-refractivity contribution in [3.8, 4) is 0 Å².